The van der Waals surface area contributed by atoms with Crippen molar-refractivity contribution in [2.45, 2.75) is 64.6 Å². The number of amides is 1. The molecule has 0 spiro atoms. The maximum absolute atomic E-state index is 15.3. The number of rotatable bonds is 7. The zero-order valence-electron chi connectivity index (χ0n) is 25.5. The number of allylic oxidation sites excluding steroid dienone is 1. The molecule has 2 aromatic heterocycles. The molecule has 1 aromatic carbocycles. The molecule has 0 aliphatic carbocycles. The van der Waals surface area contributed by atoms with Crippen LogP contribution in [0.5, 0.6) is 6.01 Å². The summed E-state index contributed by atoms with van der Waals surface area (Å²) in [6.07, 6.45) is 1.89. The number of fused-ring (bicyclic) bond motifs is 1. The second-order valence-electron chi connectivity index (χ2n) is 12.3. The third-order valence-electron chi connectivity index (χ3n) is 7.87. The van der Waals surface area contributed by atoms with Crippen LogP contribution >= 0.6 is 11.3 Å². The van der Waals surface area contributed by atoms with E-state index in [-0.39, 0.29) is 24.3 Å². The van der Waals surface area contributed by atoms with Crippen molar-refractivity contribution in [1.82, 2.24) is 19.8 Å². The van der Waals surface area contributed by atoms with Gasteiger partial charge in [0.05, 0.1) is 28.7 Å². The fourth-order valence-electron chi connectivity index (χ4n) is 5.68. The van der Waals surface area contributed by atoms with Crippen LogP contribution in [-0.4, -0.2) is 83.4 Å². The number of aromatic nitrogens is 2. The Kier molecular flexibility index (Phi) is 8.90. The number of hydrogen-bond acceptors (Lipinski definition) is 9. The largest absolute Gasteiger partial charge is 0.462 e. The molecule has 4 heterocycles. The van der Waals surface area contributed by atoms with Gasteiger partial charge in [0.15, 0.2) is 5.82 Å². The van der Waals surface area contributed by atoms with E-state index in [1.165, 1.54) is 17.4 Å². The minimum atomic E-state index is -0.646. The molecule has 2 saturated heterocycles. The summed E-state index contributed by atoms with van der Waals surface area (Å²) < 4.78 is 27.9. The zero-order chi connectivity index (χ0) is 30.9. The average molecular weight is 607 g/mol. The number of nitriles is 1. The zero-order valence-corrected chi connectivity index (χ0v) is 26.3. The van der Waals surface area contributed by atoms with Crippen molar-refractivity contribution >= 4 is 39.0 Å². The topological polar surface area (TPSA) is 94.8 Å². The molecule has 5 rings (SSSR count). The van der Waals surface area contributed by atoms with Gasteiger partial charge in [-0.2, -0.15) is 15.2 Å². The number of piperazine rings is 1. The lowest BCUT2D eigenvalue weighted by Crippen LogP contribution is -2.56. The summed E-state index contributed by atoms with van der Waals surface area (Å²) in [5.41, 5.74) is 1.99. The van der Waals surface area contributed by atoms with Crippen molar-refractivity contribution < 1.29 is 18.7 Å². The highest BCUT2D eigenvalue weighted by molar-refractivity contribution is 7.22. The SMILES string of the molecule is C=C(C)c1cccc(F)c1-c1cc2nc(OC[C@@H]3CCCN3C)nc(N3CCN(C(=O)OC(C)(C)C)C(CC#N)C3)c2s1. The van der Waals surface area contributed by atoms with E-state index in [1.54, 1.807) is 11.0 Å². The summed E-state index contributed by atoms with van der Waals surface area (Å²) in [5, 5.41) is 9.61. The van der Waals surface area contributed by atoms with Gasteiger partial charge >= 0.3 is 12.1 Å². The lowest BCUT2D eigenvalue weighted by atomic mass is 10.0. The Balaban J connectivity index is 1.54. The van der Waals surface area contributed by atoms with Gasteiger partial charge in [-0.15, -0.1) is 11.3 Å². The highest BCUT2D eigenvalue weighted by atomic mass is 32.1. The second kappa shape index (κ2) is 12.5. The molecule has 2 aliphatic heterocycles. The Labute approximate surface area is 256 Å². The molecule has 2 fully saturated rings. The number of ether oxygens (including phenoxy) is 2. The second-order valence-corrected chi connectivity index (χ2v) is 13.4. The molecule has 0 radical (unpaired) electrons. The van der Waals surface area contributed by atoms with E-state index in [0.717, 1.165) is 40.1 Å². The summed E-state index contributed by atoms with van der Waals surface area (Å²) in [7, 11) is 2.09. The van der Waals surface area contributed by atoms with Crippen molar-refractivity contribution in [2.24, 2.45) is 0 Å². The molecule has 0 N–H and O–H groups in total. The molecule has 2 atom stereocenters. The lowest BCUT2D eigenvalue weighted by molar-refractivity contribution is 0.0145. The first kappa shape index (κ1) is 30.7. The van der Waals surface area contributed by atoms with E-state index in [4.69, 9.17) is 19.4 Å². The molecule has 1 amide bonds. The van der Waals surface area contributed by atoms with Crippen molar-refractivity contribution in [3.8, 4) is 22.5 Å². The van der Waals surface area contributed by atoms with Crippen LogP contribution in [0.15, 0.2) is 30.8 Å². The van der Waals surface area contributed by atoms with Crippen LogP contribution < -0.4 is 9.64 Å². The quantitative estimate of drug-likeness (QED) is 0.307. The van der Waals surface area contributed by atoms with Crippen molar-refractivity contribution in [1.29, 1.82) is 5.26 Å². The third-order valence-corrected chi connectivity index (χ3v) is 9.00. The van der Waals surface area contributed by atoms with E-state index in [2.05, 4.69) is 29.5 Å². The van der Waals surface area contributed by atoms with Crippen LogP contribution in [0.4, 0.5) is 15.0 Å². The van der Waals surface area contributed by atoms with Gasteiger partial charge in [-0.3, -0.25) is 0 Å². The van der Waals surface area contributed by atoms with Crippen LogP contribution in [0.25, 0.3) is 26.2 Å². The van der Waals surface area contributed by atoms with Crippen LogP contribution in [0.2, 0.25) is 0 Å². The predicted octanol–water partition coefficient (Wildman–Crippen LogP) is 6.34. The molecule has 0 bridgehead atoms. The minimum absolute atomic E-state index is 0.147. The Hall–Kier alpha value is -3.75. The monoisotopic (exact) mass is 606 g/mol. The summed E-state index contributed by atoms with van der Waals surface area (Å²) in [6.45, 7) is 14.1. The smallest absolute Gasteiger partial charge is 0.410 e. The maximum atomic E-state index is 15.3. The molecule has 228 valence electrons. The van der Waals surface area contributed by atoms with Gasteiger partial charge in [-0.1, -0.05) is 24.3 Å². The molecule has 0 saturated carbocycles. The first-order valence-electron chi connectivity index (χ1n) is 14.7. The van der Waals surface area contributed by atoms with Gasteiger partial charge in [0.1, 0.15) is 18.0 Å². The highest BCUT2D eigenvalue weighted by Crippen LogP contribution is 2.42. The third kappa shape index (κ3) is 6.76. The molecule has 1 unspecified atom stereocenters. The number of nitrogens with zero attached hydrogens (tertiary/aromatic N) is 6. The molecule has 3 aromatic rings. The number of benzene rings is 1. The minimum Gasteiger partial charge on any atom is -0.462 e. The maximum Gasteiger partial charge on any atom is 0.410 e. The van der Waals surface area contributed by atoms with E-state index in [0.29, 0.717) is 43.1 Å². The van der Waals surface area contributed by atoms with Gasteiger partial charge < -0.3 is 24.2 Å². The Bertz CT molecular complexity index is 1560. The summed E-state index contributed by atoms with van der Waals surface area (Å²) in [5.74, 6) is 0.318. The summed E-state index contributed by atoms with van der Waals surface area (Å²) in [6, 6.07) is 9.27. The van der Waals surface area contributed by atoms with E-state index in [9.17, 15) is 10.1 Å². The van der Waals surface area contributed by atoms with Crippen LogP contribution in [0, 0.1) is 17.1 Å². The van der Waals surface area contributed by atoms with Crippen LogP contribution in [0.1, 0.15) is 52.5 Å². The predicted molar refractivity (Wildman–Crippen MR) is 168 cm³/mol. The number of thiophene rings is 1. The summed E-state index contributed by atoms with van der Waals surface area (Å²) >= 11 is 1.42. The Morgan fingerprint density at radius 1 is 1.23 bits per heavy atom. The number of hydrogen-bond donors (Lipinski definition) is 0. The van der Waals surface area contributed by atoms with Gasteiger partial charge in [0, 0.05) is 36.1 Å². The Morgan fingerprint density at radius 3 is 2.70 bits per heavy atom. The normalized spacial score (nSPS) is 19.5. The van der Waals surface area contributed by atoms with Gasteiger partial charge in [0.25, 0.3) is 0 Å². The van der Waals surface area contributed by atoms with E-state index in [1.807, 2.05) is 39.8 Å². The number of anilines is 1. The fraction of sp³-hybridized carbons (Fsp3) is 0.500. The van der Waals surface area contributed by atoms with E-state index >= 15 is 4.39 Å². The van der Waals surface area contributed by atoms with Gasteiger partial charge in [0.2, 0.25) is 0 Å². The van der Waals surface area contributed by atoms with Crippen LogP contribution in [-0.2, 0) is 4.74 Å². The number of likely N-dealkylation sites (tertiary alicyclic amines) is 1. The van der Waals surface area contributed by atoms with Crippen LogP contribution in [0.3, 0.4) is 0 Å². The number of halogens is 1. The first-order valence-corrected chi connectivity index (χ1v) is 15.5. The van der Waals surface area contributed by atoms with Crippen molar-refractivity contribution in [3.05, 3.63) is 42.2 Å². The molecular formula is C32H39FN6O3S. The summed E-state index contributed by atoms with van der Waals surface area (Å²) in [4.78, 5) is 29.3. The molecule has 43 heavy (non-hydrogen) atoms. The van der Waals surface area contributed by atoms with Crippen molar-refractivity contribution in [3.63, 3.8) is 0 Å². The van der Waals surface area contributed by atoms with Gasteiger partial charge in [-0.05, 0) is 71.8 Å². The van der Waals surface area contributed by atoms with E-state index < -0.39 is 17.7 Å². The average Bonchev–Trinajstić information content (AvgIpc) is 3.55. The molecule has 2 aliphatic rings. The van der Waals surface area contributed by atoms with Crippen molar-refractivity contribution in [2.75, 3.05) is 44.7 Å². The number of carbonyl (C=O) groups excluding carboxylic acids is 1. The fourth-order valence-corrected chi connectivity index (χ4v) is 6.85. The Morgan fingerprint density at radius 2 is 2.02 bits per heavy atom. The highest BCUT2D eigenvalue weighted by Gasteiger charge is 2.35. The molecular weight excluding hydrogens is 567 g/mol. The molecule has 11 heteroatoms. The first-order chi connectivity index (χ1) is 20.4. The standard InChI is InChI=1S/C32H39FN6O3S/c1-20(2)23-10-7-11-24(33)27(23)26-17-25-28(43-26)29(36-30(35-25)41-19-22-9-8-14-37(22)6)38-15-16-39(21(18-38)12-13-34)31(40)42-32(3,4)5/h7,10-11,17,21-22H,1,8-9,12,14-16,18-19H2,2-6H3/t21?,22-/m0/s1. The lowest BCUT2D eigenvalue weighted by Gasteiger charge is -2.41. The molecule has 9 nitrogen and oxygen atoms in total. The van der Waals surface area contributed by atoms with Gasteiger partial charge in [-0.25, -0.2) is 9.18 Å². The number of likely N-dealkylation sites (N-methyl/N-ethyl adjacent to an activating group) is 1. The number of carbonyl (C=O) groups is 1.